The van der Waals surface area contributed by atoms with Crippen LogP contribution in [0.3, 0.4) is 0 Å². The van der Waals surface area contributed by atoms with Gasteiger partial charge in [0.05, 0.1) is 12.1 Å². The molecule has 0 radical (unpaired) electrons. The fourth-order valence-corrected chi connectivity index (χ4v) is 1.68. The molecule has 8 nitrogen and oxygen atoms in total. The van der Waals surface area contributed by atoms with E-state index in [1.54, 1.807) is 0 Å². The second-order valence-corrected chi connectivity index (χ2v) is 4.69. The number of carboxylic acid groups (broad SMARTS) is 1. The molecule has 0 spiro atoms. The predicted octanol–water partition coefficient (Wildman–Crippen LogP) is 1.66. The van der Waals surface area contributed by atoms with Crippen LogP contribution in [-0.2, 0) is 6.54 Å². The smallest absolute Gasteiger partial charge is 0.335 e. The molecule has 1 atom stereocenters. The summed E-state index contributed by atoms with van der Waals surface area (Å²) in [6, 6.07) is 3.14. The molecule has 0 aromatic carbocycles. The number of rotatable bonds is 6. The summed E-state index contributed by atoms with van der Waals surface area (Å²) in [5.74, 6) is -0.215. The summed E-state index contributed by atoms with van der Waals surface area (Å²) >= 11 is 0. The SMILES string of the molecule is CCC(C)Nc1cc(C(=O)O)cc(-c2nnn(CC)n2)n1. The summed E-state index contributed by atoms with van der Waals surface area (Å²) in [7, 11) is 0. The molecular weight excluding hydrogens is 272 g/mol. The van der Waals surface area contributed by atoms with Crippen molar-refractivity contribution in [3.63, 3.8) is 0 Å². The number of aryl methyl sites for hydroxylation is 1. The molecule has 2 heterocycles. The molecule has 2 N–H and O–H groups in total. The Morgan fingerprint density at radius 2 is 2.19 bits per heavy atom. The zero-order valence-corrected chi connectivity index (χ0v) is 12.2. The van der Waals surface area contributed by atoms with Crippen LogP contribution in [0.1, 0.15) is 37.6 Å². The summed E-state index contributed by atoms with van der Waals surface area (Å²) in [5.41, 5.74) is 0.527. The van der Waals surface area contributed by atoms with Crippen LogP contribution in [0.25, 0.3) is 11.5 Å². The van der Waals surface area contributed by atoms with Gasteiger partial charge in [-0.15, -0.1) is 10.2 Å². The van der Waals surface area contributed by atoms with Gasteiger partial charge in [-0.1, -0.05) is 6.92 Å². The number of aromatic carboxylic acids is 1. The van der Waals surface area contributed by atoms with Crippen molar-refractivity contribution in [2.24, 2.45) is 0 Å². The summed E-state index contributed by atoms with van der Waals surface area (Å²) < 4.78 is 0. The molecule has 0 aliphatic heterocycles. The Balaban J connectivity index is 2.41. The largest absolute Gasteiger partial charge is 0.478 e. The maximum Gasteiger partial charge on any atom is 0.335 e. The second-order valence-electron chi connectivity index (χ2n) is 4.69. The van der Waals surface area contributed by atoms with Crippen LogP contribution in [0.15, 0.2) is 12.1 Å². The highest BCUT2D eigenvalue weighted by molar-refractivity contribution is 5.89. The monoisotopic (exact) mass is 290 g/mol. The maximum atomic E-state index is 11.2. The van der Waals surface area contributed by atoms with Crippen molar-refractivity contribution in [1.82, 2.24) is 25.2 Å². The molecule has 0 saturated carbocycles. The van der Waals surface area contributed by atoms with E-state index in [1.807, 2.05) is 20.8 Å². The number of nitrogens with zero attached hydrogens (tertiary/aromatic N) is 5. The minimum absolute atomic E-state index is 0.138. The van der Waals surface area contributed by atoms with Gasteiger partial charge in [0.25, 0.3) is 0 Å². The quantitative estimate of drug-likeness (QED) is 0.833. The number of hydrogen-bond acceptors (Lipinski definition) is 6. The Hall–Kier alpha value is -2.51. The number of anilines is 1. The standard InChI is InChI=1S/C13H18N6O2/c1-4-8(3)14-11-7-9(13(20)21)6-10(15-11)12-16-18-19(5-2)17-12/h6-8H,4-5H2,1-3H3,(H,14,15)(H,20,21). The first-order valence-electron chi connectivity index (χ1n) is 6.83. The van der Waals surface area contributed by atoms with Gasteiger partial charge < -0.3 is 10.4 Å². The Morgan fingerprint density at radius 3 is 2.76 bits per heavy atom. The average molecular weight is 290 g/mol. The molecule has 2 rings (SSSR count). The van der Waals surface area contributed by atoms with E-state index in [4.69, 9.17) is 0 Å². The third-order valence-electron chi connectivity index (χ3n) is 3.04. The Morgan fingerprint density at radius 1 is 1.43 bits per heavy atom. The first kappa shape index (κ1) is 14.9. The van der Waals surface area contributed by atoms with Gasteiger partial charge >= 0.3 is 5.97 Å². The lowest BCUT2D eigenvalue weighted by molar-refractivity contribution is 0.0697. The molecule has 2 aromatic heterocycles. The Kier molecular flexibility index (Phi) is 4.46. The predicted molar refractivity (Wildman–Crippen MR) is 77.1 cm³/mol. The van der Waals surface area contributed by atoms with Crippen molar-refractivity contribution in [3.05, 3.63) is 17.7 Å². The summed E-state index contributed by atoms with van der Waals surface area (Å²) in [6.45, 7) is 6.51. The van der Waals surface area contributed by atoms with E-state index < -0.39 is 5.97 Å². The molecule has 21 heavy (non-hydrogen) atoms. The molecule has 0 bridgehead atoms. The zero-order chi connectivity index (χ0) is 15.4. The number of aromatic nitrogens is 5. The number of pyridine rings is 1. The maximum absolute atomic E-state index is 11.2. The van der Waals surface area contributed by atoms with Gasteiger partial charge in [0.1, 0.15) is 11.5 Å². The van der Waals surface area contributed by atoms with E-state index in [1.165, 1.54) is 16.9 Å². The van der Waals surface area contributed by atoms with Gasteiger partial charge in [-0.2, -0.15) is 4.80 Å². The van der Waals surface area contributed by atoms with Gasteiger partial charge in [0, 0.05) is 6.04 Å². The van der Waals surface area contributed by atoms with E-state index >= 15 is 0 Å². The summed E-state index contributed by atoms with van der Waals surface area (Å²) in [5, 5.41) is 24.3. The van der Waals surface area contributed by atoms with E-state index in [2.05, 4.69) is 25.7 Å². The number of nitrogens with one attached hydrogen (secondary N) is 1. The zero-order valence-electron chi connectivity index (χ0n) is 12.2. The number of hydrogen-bond donors (Lipinski definition) is 2. The lowest BCUT2D eigenvalue weighted by atomic mass is 10.2. The molecule has 2 aromatic rings. The molecule has 0 fully saturated rings. The van der Waals surface area contributed by atoms with Crippen molar-refractivity contribution >= 4 is 11.8 Å². The van der Waals surface area contributed by atoms with Crippen LogP contribution in [0, 0.1) is 0 Å². The summed E-state index contributed by atoms with van der Waals surface area (Å²) in [4.78, 5) is 17.0. The van der Waals surface area contributed by atoms with Gasteiger partial charge in [-0.3, -0.25) is 0 Å². The van der Waals surface area contributed by atoms with Crippen molar-refractivity contribution in [3.8, 4) is 11.5 Å². The number of carboxylic acids is 1. The van der Waals surface area contributed by atoms with Gasteiger partial charge in [-0.05, 0) is 37.6 Å². The van der Waals surface area contributed by atoms with Crippen LogP contribution in [0.5, 0.6) is 0 Å². The van der Waals surface area contributed by atoms with E-state index in [0.717, 1.165) is 6.42 Å². The van der Waals surface area contributed by atoms with Gasteiger partial charge in [0.15, 0.2) is 0 Å². The fourth-order valence-electron chi connectivity index (χ4n) is 1.68. The topological polar surface area (TPSA) is 106 Å². The number of tetrazole rings is 1. The van der Waals surface area contributed by atoms with Gasteiger partial charge in [0.2, 0.25) is 5.82 Å². The molecular formula is C13H18N6O2. The molecule has 0 aliphatic carbocycles. The van der Waals surface area contributed by atoms with E-state index in [0.29, 0.717) is 23.9 Å². The highest BCUT2D eigenvalue weighted by atomic mass is 16.4. The van der Waals surface area contributed by atoms with E-state index in [9.17, 15) is 9.90 Å². The molecule has 8 heteroatoms. The van der Waals surface area contributed by atoms with Crippen LogP contribution in [0.4, 0.5) is 5.82 Å². The van der Waals surface area contributed by atoms with Crippen LogP contribution < -0.4 is 5.32 Å². The van der Waals surface area contributed by atoms with Gasteiger partial charge in [-0.25, -0.2) is 9.78 Å². The van der Waals surface area contributed by atoms with Crippen LogP contribution in [0.2, 0.25) is 0 Å². The minimum atomic E-state index is -1.02. The first-order chi connectivity index (χ1) is 10.0. The van der Waals surface area contributed by atoms with Crippen molar-refractivity contribution < 1.29 is 9.90 Å². The molecule has 0 amide bonds. The highest BCUT2D eigenvalue weighted by Crippen LogP contribution is 2.18. The minimum Gasteiger partial charge on any atom is -0.478 e. The normalized spacial score (nSPS) is 12.1. The molecule has 112 valence electrons. The lowest BCUT2D eigenvalue weighted by Gasteiger charge is -2.13. The second kappa shape index (κ2) is 6.29. The third kappa shape index (κ3) is 3.53. The summed E-state index contributed by atoms with van der Waals surface area (Å²) in [6.07, 6.45) is 0.901. The molecule has 0 saturated heterocycles. The molecule has 1 unspecified atom stereocenters. The first-order valence-corrected chi connectivity index (χ1v) is 6.83. The van der Waals surface area contributed by atoms with Crippen LogP contribution >= 0.6 is 0 Å². The Labute approximate surface area is 122 Å². The highest BCUT2D eigenvalue weighted by Gasteiger charge is 2.14. The van der Waals surface area contributed by atoms with Crippen molar-refractivity contribution in [2.45, 2.75) is 39.8 Å². The fraction of sp³-hybridized carbons (Fsp3) is 0.462. The lowest BCUT2D eigenvalue weighted by Crippen LogP contribution is -2.15. The van der Waals surface area contributed by atoms with Crippen molar-refractivity contribution in [1.29, 1.82) is 0 Å². The van der Waals surface area contributed by atoms with Crippen molar-refractivity contribution in [2.75, 3.05) is 5.32 Å². The average Bonchev–Trinajstić information content (AvgIpc) is 2.95. The number of carbonyl (C=O) groups is 1. The third-order valence-corrected chi connectivity index (χ3v) is 3.04. The molecule has 0 aliphatic rings. The van der Waals surface area contributed by atoms with E-state index in [-0.39, 0.29) is 11.6 Å². The van der Waals surface area contributed by atoms with Crippen LogP contribution in [-0.4, -0.2) is 42.3 Å². The Bertz CT molecular complexity index is 639.